The van der Waals surface area contributed by atoms with Crippen LogP contribution in [0.25, 0.3) is 0 Å². The lowest BCUT2D eigenvalue weighted by Gasteiger charge is -2.29. The van der Waals surface area contributed by atoms with E-state index in [9.17, 15) is 4.79 Å². The fraction of sp³-hybridized carbons (Fsp3) is 0.611. The molecule has 1 aromatic carbocycles. The zero-order chi connectivity index (χ0) is 16.2. The minimum atomic E-state index is -0.462. The fourth-order valence-corrected chi connectivity index (χ4v) is 3.20. The molecule has 2 aliphatic heterocycles. The highest BCUT2D eigenvalue weighted by Gasteiger charge is 2.37. The molecule has 2 heterocycles. The molecule has 2 fully saturated rings. The van der Waals surface area contributed by atoms with Crippen LogP contribution in [0.1, 0.15) is 32.3 Å². The normalized spacial score (nSPS) is 29.0. The Morgan fingerprint density at radius 2 is 2.09 bits per heavy atom. The first kappa shape index (κ1) is 16.4. The molecular formula is C18H25NO4. The quantitative estimate of drug-likeness (QED) is 0.872. The largest absolute Gasteiger partial charge is 0.365 e. The van der Waals surface area contributed by atoms with Crippen molar-refractivity contribution in [2.75, 3.05) is 6.61 Å². The number of hydrogen-bond acceptors (Lipinski definition) is 4. The summed E-state index contributed by atoms with van der Waals surface area (Å²) in [5.41, 5.74) is 1.21. The highest BCUT2D eigenvalue weighted by Crippen LogP contribution is 2.29. The standard InChI is InChI=1S/C18H25NO4/c1-12(8-14-6-4-3-5-7-14)19-18(20)13(2)22-15-9-16-11-21-17(10-15)23-16/h3-7,12-13,15-17H,8-11H2,1-2H3,(H,19,20). The van der Waals surface area contributed by atoms with Crippen molar-refractivity contribution in [3.05, 3.63) is 35.9 Å². The van der Waals surface area contributed by atoms with E-state index < -0.39 is 6.10 Å². The molecule has 23 heavy (non-hydrogen) atoms. The number of amides is 1. The Morgan fingerprint density at radius 1 is 1.30 bits per heavy atom. The second kappa shape index (κ2) is 7.43. The van der Waals surface area contributed by atoms with Crippen molar-refractivity contribution in [3.8, 4) is 0 Å². The molecular weight excluding hydrogens is 294 g/mol. The van der Waals surface area contributed by atoms with Gasteiger partial charge in [-0.15, -0.1) is 0 Å². The van der Waals surface area contributed by atoms with Crippen LogP contribution in [-0.2, 0) is 25.4 Å². The molecule has 5 nitrogen and oxygen atoms in total. The van der Waals surface area contributed by atoms with Gasteiger partial charge in [0.05, 0.1) is 18.8 Å². The van der Waals surface area contributed by atoms with Gasteiger partial charge >= 0.3 is 0 Å². The summed E-state index contributed by atoms with van der Waals surface area (Å²) < 4.78 is 17.0. The molecule has 5 atom stereocenters. The molecule has 2 aliphatic rings. The van der Waals surface area contributed by atoms with E-state index >= 15 is 0 Å². The third kappa shape index (κ3) is 4.53. The van der Waals surface area contributed by atoms with Crippen molar-refractivity contribution < 1.29 is 19.0 Å². The van der Waals surface area contributed by atoms with Crippen LogP contribution in [0.2, 0.25) is 0 Å². The van der Waals surface area contributed by atoms with Gasteiger partial charge in [-0.25, -0.2) is 0 Å². The Labute approximate surface area is 137 Å². The molecule has 1 amide bonds. The smallest absolute Gasteiger partial charge is 0.249 e. The molecule has 0 saturated carbocycles. The van der Waals surface area contributed by atoms with Gasteiger partial charge in [0.25, 0.3) is 0 Å². The monoisotopic (exact) mass is 319 g/mol. The first-order chi connectivity index (χ1) is 11.1. The number of ether oxygens (including phenoxy) is 3. The summed E-state index contributed by atoms with van der Waals surface area (Å²) in [5.74, 6) is -0.0619. The number of fused-ring (bicyclic) bond motifs is 2. The van der Waals surface area contributed by atoms with Crippen LogP contribution >= 0.6 is 0 Å². The molecule has 5 heteroatoms. The number of benzene rings is 1. The van der Waals surface area contributed by atoms with Gasteiger partial charge in [0.1, 0.15) is 6.10 Å². The van der Waals surface area contributed by atoms with E-state index in [2.05, 4.69) is 17.4 Å². The average molecular weight is 319 g/mol. The summed E-state index contributed by atoms with van der Waals surface area (Å²) in [6.45, 7) is 4.46. The number of nitrogens with one attached hydrogen (secondary N) is 1. The van der Waals surface area contributed by atoms with Crippen LogP contribution in [0.15, 0.2) is 30.3 Å². The first-order valence-electron chi connectivity index (χ1n) is 8.37. The van der Waals surface area contributed by atoms with Gasteiger partial charge in [-0.1, -0.05) is 30.3 Å². The predicted octanol–water partition coefficient (Wildman–Crippen LogP) is 2.04. The Morgan fingerprint density at radius 3 is 2.83 bits per heavy atom. The number of carbonyl (C=O) groups is 1. The molecule has 0 aromatic heterocycles. The molecule has 0 aliphatic carbocycles. The maximum Gasteiger partial charge on any atom is 0.249 e. The van der Waals surface area contributed by atoms with Crippen molar-refractivity contribution in [3.63, 3.8) is 0 Å². The molecule has 0 radical (unpaired) electrons. The lowest BCUT2D eigenvalue weighted by atomic mass is 10.1. The van der Waals surface area contributed by atoms with Crippen LogP contribution in [0.5, 0.6) is 0 Å². The maximum atomic E-state index is 12.3. The van der Waals surface area contributed by atoms with Gasteiger partial charge in [0.2, 0.25) is 5.91 Å². The van der Waals surface area contributed by atoms with Crippen molar-refractivity contribution in [1.29, 1.82) is 0 Å². The number of rotatable bonds is 6. The van der Waals surface area contributed by atoms with Crippen LogP contribution in [-0.4, -0.2) is 43.2 Å². The van der Waals surface area contributed by atoms with E-state index in [1.54, 1.807) is 0 Å². The maximum absolute atomic E-state index is 12.3. The average Bonchev–Trinajstić information content (AvgIpc) is 2.86. The third-order valence-corrected chi connectivity index (χ3v) is 4.33. The van der Waals surface area contributed by atoms with Gasteiger partial charge in [-0.3, -0.25) is 4.79 Å². The number of carbonyl (C=O) groups excluding carboxylic acids is 1. The molecule has 5 unspecified atom stereocenters. The van der Waals surface area contributed by atoms with Gasteiger partial charge < -0.3 is 19.5 Å². The second-order valence-corrected chi connectivity index (χ2v) is 6.49. The zero-order valence-corrected chi connectivity index (χ0v) is 13.7. The second-order valence-electron chi connectivity index (χ2n) is 6.49. The van der Waals surface area contributed by atoms with E-state index in [-0.39, 0.29) is 30.4 Å². The van der Waals surface area contributed by atoms with Crippen LogP contribution < -0.4 is 5.32 Å². The summed E-state index contributed by atoms with van der Waals surface area (Å²) in [6.07, 6.45) is 1.84. The summed E-state index contributed by atoms with van der Waals surface area (Å²) in [7, 11) is 0. The van der Waals surface area contributed by atoms with E-state index in [0.29, 0.717) is 13.0 Å². The van der Waals surface area contributed by atoms with Crippen molar-refractivity contribution in [1.82, 2.24) is 5.32 Å². The van der Waals surface area contributed by atoms with Crippen molar-refractivity contribution >= 4 is 5.91 Å². The zero-order valence-electron chi connectivity index (χ0n) is 13.7. The van der Waals surface area contributed by atoms with Crippen molar-refractivity contribution in [2.24, 2.45) is 0 Å². The van der Waals surface area contributed by atoms with E-state index in [1.165, 1.54) is 5.56 Å². The van der Waals surface area contributed by atoms with Crippen molar-refractivity contribution in [2.45, 2.75) is 63.8 Å². The Bertz CT molecular complexity index is 509. The Kier molecular flexibility index (Phi) is 5.30. The lowest BCUT2D eigenvalue weighted by molar-refractivity contribution is -0.156. The minimum Gasteiger partial charge on any atom is -0.365 e. The predicted molar refractivity (Wildman–Crippen MR) is 85.9 cm³/mol. The molecule has 126 valence electrons. The van der Waals surface area contributed by atoms with Crippen LogP contribution in [0.4, 0.5) is 0 Å². The van der Waals surface area contributed by atoms with Crippen LogP contribution in [0, 0.1) is 0 Å². The Balaban J connectivity index is 1.44. The fourth-order valence-electron chi connectivity index (χ4n) is 3.20. The van der Waals surface area contributed by atoms with E-state index in [0.717, 1.165) is 12.8 Å². The summed E-state index contributed by atoms with van der Waals surface area (Å²) >= 11 is 0. The lowest BCUT2D eigenvalue weighted by Crippen LogP contribution is -2.43. The molecule has 0 spiro atoms. The third-order valence-electron chi connectivity index (χ3n) is 4.33. The molecule has 3 rings (SSSR count). The summed E-state index contributed by atoms with van der Waals surface area (Å²) in [5, 5.41) is 3.03. The SMILES string of the molecule is CC(Cc1ccccc1)NC(=O)C(C)OC1CC2COC(C1)O2. The first-order valence-corrected chi connectivity index (χ1v) is 8.37. The topological polar surface area (TPSA) is 56.8 Å². The highest BCUT2D eigenvalue weighted by molar-refractivity contribution is 5.80. The molecule has 2 saturated heterocycles. The minimum absolute atomic E-state index is 0.0337. The van der Waals surface area contributed by atoms with Gasteiger partial charge in [0, 0.05) is 18.9 Å². The molecule has 2 bridgehead atoms. The summed E-state index contributed by atoms with van der Waals surface area (Å²) in [6, 6.07) is 10.2. The number of hydrogen-bond donors (Lipinski definition) is 1. The molecule has 1 aromatic rings. The highest BCUT2D eigenvalue weighted by atomic mass is 16.7. The van der Waals surface area contributed by atoms with Gasteiger partial charge in [0.15, 0.2) is 6.29 Å². The molecule has 1 N–H and O–H groups in total. The van der Waals surface area contributed by atoms with E-state index in [4.69, 9.17) is 14.2 Å². The summed E-state index contributed by atoms with van der Waals surface area (Å²) in [4.78, 5) is 12.3. The van der Waals surface area contributed by atoms with Gasteiger partial charge in [-0.05, 0) is 25.8 Å². The van der Waals surface area contributed by atoms with Crippen LogP contribution in [0.3, 0.4) is 0 Å². The van der Waals surface area contributed by atoms with Gasteiger partial charge in [-0.2, -0.15) is 0 Å². The Hall–Kier alpha value is -1.43. The van der Waals surface area contributed by atoms with E-state index in [1.807, 2.05) is 32.0 Å².